The van der Waals surface area contributed by atoms with Crippen LogP contribution < -0.4 is 34.7 Å². The van der Waals surface area contributed by atoms with Gasteiger partial charge in [-0.3, -0.25) is 0 Å². The zero-order chi connectivity index (χ0) is 32.0. The van der Waals surface area contributed by atoms with Crippen molar-refractivity contribution in [2.75, 3.05) is 19.6 Å². The first-order valence-corrected chi connectivity index (χ1v) is 20.6. The zero-order valence-electron chi connectivity index (χ0n) is 31.6. The predicted octanol–water partition coefficient (Wildman–Crippen LogP) is 9.74. The van der Waals surface area contributed by atoms with Crippen LogP contribution in [0.25, 0.3) is 0 Å². The average molecular weight is 644 g/mol. The summed E-state index contributed by atoms with van der Waals surface area (Å²) in [5.41, 5.74) is 0. The van der Waals surface area contributed by atoms with Gasteiger partial charge in [0.25, 0.3) is 0 Å². The minimum atomic E-state index is -0.903. The Kier molecular flexibility index (Phi) is 44.9. The Morgan fingerprint density at radius 2 is 0.556 bits per heavy atom. The van der Waals surface area contributed by atoms with Gasteiger partial charge in [0.2, 0.25) is 0 Å². The monoisotopic (exact) mass is 644 g/mol. The summed E-state index contributed by atoms with van der Waals surface area (Å²) < 4.78 is 0. The number of carboxylic acids is 1. The molecule has 0 saturated carbocycles. The summed E-state index contributed by atoms with van der Waals surface area (Å²) in [6.07, 6.45) is 47.7. The molecule has 0 aliphatic heterocycles. The summed E-state index contributed by atoms with van der Waals surface area (Å²) >= 11 is 0. The maximum Gasteiger partial charge on any atom is 1.00 e. The molecule has 0 aromatic heterocycles. The van der Waals surface area contributed by atoms with E-state index in [4.69, 9.17) is 0 Å². The maximum absolute atomic E-state index is 11.0. The van der Waals surface area contributed by atoms with Crippen molar-refractivity contribution in [2.24, 2.45) is 0 Å². The van der Waals surface area contributed by atoms with Crippen molar-refractivity contribution in [1.82, 2.24) is 4.90 Å². The summed E-state index contributed by atoms with van der Waals surface area (Å²) in [7, 11) is 0. The fraction of sp³-hybridized carbons (Fsp3) is 0.976. The van der Waals surface area contributed by atoms with E-state index < -0.39 is 5.97 Å². The van der Waals surface area contributed by atoms with Gasteiger partial charge in [0.15, 0.2) is 0 Å². The molecule has 4 heteroatoms. The second-order valence-corrected chi connectivity index (χ2v) is 14.3. The van der Waals surface area contributed by atoms with Crippen molar-refractivity contribution in [3.05, 3.63) is 0 Å². The summed E-state index contributed by atoms with van der Waals surface area (Å²) in [6, 6.07) is 0. The number of nitrogens with zero attached hydrogens (tertiary/aromatic N) is 1. The molecule has 0 bridgehead atoms. The van der Waals surface area contributed by atoms with Gasteiger partial charge in [0.05, 0.1) is 0 Å². The van der Waals surface area contributed by atoms with Gasteiger partial charge in [0, 0.05) is 12.5 Å². The second-order valence-electron chi connectivity index (χ2n) is 14.3. The first-order chi connectivity index (χ1) is 21.7. The Bertz CT molecular complexity index is 506. The molecule has 0 aliphatic rings. The predicted molar refractivity (Wildman–Crippen MR) is 194 cm³/mol. The Morgan fingerprint density at radius 1 is 0.356 bits per heavy atom. The molecule has 45 heavy (non-hydrogen) atoms. The largest absolute Gasteiger partial charge is 1.00 e. The van der Waals surface area contributed by atoms with Crippen LogP contribution >= 0.6 is 0 Å². The van der Waals surface area contributed by atoms with Crippen molar-refractivity contribution in [2.45, 2.75) is 239 Å². The number of unbranched alkanes of at least 4 members (excludes halogenated alkanes) is 32. The van der Waals surface area contributed by atoms with Crippen LogP contribution in [-0.4, -0.2) is 30.5 Å². The normalized spacial score (nSPS) is 11.4. The van der Waals surface area contributed by atoms with Crippen LogP contribution in [0.15, 0.2) is 0 Å². The minimum Gasteiger partial charge on any atom is -0.550 e. The van der Waals surface area contributed by atoms with E-state index >= 15 is 0 Å². The number of carboxylic acid groups (broad SMARTS) is 1. The summed E-state index contributed by atoms with van der Waals surface area (Å²) in [5.74, 6) is -0.903. The standard InChI is InChI=1S/C41H83NO2.Na/c1-3-5-7-9-11-13-15-17-19-21-23-25-27-29-31-33-35-38-42(40-37-41(43)44)39-36-34-32-30-28-26-24-22-20-18-16-14-12-10-8-6-4-2;/h3-40H2,1-2H3,(H,43,44);/q;+1/p-1. The molecule has 0 radical (unpaired) electrons. The third kappa shape index (κ3) is 42.4. The van der Waals surface area contributed by atoms with Gasteiger partial charge >= 0.3 is 29.6 Å². The third-order valence-corrected chi connectivity index (χ3v) is 9.79. The molecule has 0 aliphatic carbocycles. The number of rotatable bonds is 39. The van der Waals surface area contributed by atoms with Gasteiger partial charge in [-0.15, -0.1) is 0 Å². The molecule has 264 valence electrons. The number of hydrogen-bond donors (Lipinski definition) is 0. The fourth-order valence-corrected chi connectivity index (χ4v) is 6.71. The zero-order valence-corrected chi connectivity index (χ0v) is 33.6. The summed E-state index contributed by atoms with van der Waals surface area (Å²) in [6.45, 7) is 7.37. The van der Waals surface area contributed by atoms with E-state index in [1.807, 2.05) is 0 Å². The molecular weight excluding hydrogens is 561 g/mol. The Balaban J connectivity index is 0. The van der Waals surface area contributed by atoms with Gasteiger partial charge in [-0.25, -0.2) is 0 Å². The molecule has 0 unspecified atom stereocenters. The molecule has 0 aromatic carbocycles. The van der Waals surface area contributed by atoms with Crippen LogP contribution in [0.2, 0.25) is 0 Å². The van der Waals surface area contributed by atoms with Crippen LogP contribution in [-0.2, 0) is 4.79 Å². The van der Waals surface area contributed by atoms with Gasteiger partial charge < -0.3 is 14.8 Å². The number of carbonyl (C=O) groups is 1. The van der Waals surface area contributed by atoms with Crippen molar-refractivity contribution in [1.29, 1.82) is 0 Å². The minimum absolute atomic E-state index is 0. The second kappa shape index (κ2) is 42.5. The SMILES string of the molecule is CCCCCCCCCCCCCCCCCCCN(CCCCCCCCCCCCCCCCCCC)CCC(=O)[O-].[Na+]. The Labute approximate surface area is 306 Å². The van der Waals surface area contributed by atoms with Gasteiger partial charge in [-0.2, -0.15) is 0 Å². The van der Waals surface area contributed by atoms with Crippen molar-refractivity contribution >= 4 is 5.97 Å². The average Bonchev–Trinajstić information content (AvgIpc) is 3.02. The molecule has 0 N–H and O–H groups in total. The van der Waals surface area contributed by atoms with E-state index in [0.29, 0.717) is 6.54 Å². The maximum atomic E-state index is 11.0. The first kappa shape index (κ1) is 47.5. The fourth-order valence-electron chi connectivity index (χ4n) is 6.71. The quantitative estimate of drug-likeness (QED) is 0.0495. The van der Waals surface area contributed by atoms with Crippen LogP contribution in [0.5, 0.6) is 0 Å². The molecule has 0 heterocycles. The number of carbonyl (C=O) groups excluding carboxylic acids is 1. The molecule has 0 spiro atoms. The molecule has 0 fully saturated rings. The van der Waals surface area contributed by atoms with Crippen LogP contribution in [0, 0.1) is 0 Å². The van der Waals surface area contributed by atoms with Crippen molar-refractivity contribution in [3.63, 3.8) is 0 Å². The molecule has 0 rings (SSSR count). The van der Waals surface area contributed by atoms with Gasteiger partial charge in [-0.05, 0) is 32.4 Å². The van der Waals surface area contributed by atoms with Crippen LogP contribution in [0.3, 0.4) is 0 Å². The van der Waals surface area contributed by atoms with E-state index in [1.54, 1.807) is 0 Å². The smallest absolute Gasteiger partial charge is 0.550 e. The molecule has 0 saturated heterocycles. The summed E-state index contributed by atoms with van der Waals surface area (Å²) in [5, 5.41) is 11.0. The van der Waals surface area contributed by atoms with Crippen LogP contribution in [0.1, 0.15) is 239 Å². The molecule has 3 nitrogen and oxygen atoms in total. The number of aliphatic carboxylic acids is 1. The summed E-state index contributed by atoms with van der Waals surface area (Å²) in [4.78, 5) is 13.4. The molecule has 0 atom stereocenters. The molecule has 0 amide bonds. The number of hydrogen-bond acceptors (Lipinski definition) is 3. The molecular formula is C41H82NNaO2. The van der Waals surface area contributed by atoms with E-state index in [2.05, 4.69) is 18.7 Å². The Hall–Kier alpha value is 0.430. The topological polar surface area (TPSA) is 43.4 Å². The van der Waals surface area contributed by atoms with E-state index in [0.717, 1.165) is 13.1 Å². The Morgan fingerprint density at radius 3 is 0.756 bits per heavy atom. The van der Waals surface area contributed by atoms with E-state index in [9.17, 15) is 9.90 Å². The van der Waals surface area contributed by atoms with E-state index in [1.165, 1.54) is 218 Å². The van der Waals surface area contributed by atoms with Gasteiger partial charge in [-0.1, -0.05) is 219 Å². The third-order valence-electron chi connectivity index (χ3n) is 9.79. The molecule has 0 aromatic rings. The van der Waals surface area contributed by atoms with Crippen LogP contribution in [0.4, 0.5) is 0 Å². The van der Waals surface area contributed by atoms with Gasteiger partial charge in [0.1, 0.15) is 0 Å². The van der Waals surface area contributed by atoms with Crippen molar-refractivity contribution < 1.29 is 39.5 Å². The first-order valence-electron chi connectivity index (χ1n) is 20.6. The van der Waals surface area contributed by atoms with E-state index in [-0.39, 0.29) is 36.0 Å². The van der Waals surface area contributed by atoms with Crippen molar-refractivity contribution in [3.8, 4) is 0 Å².